The number of rotatable bonds is 6. The van der Waals surface area contributed by atoms with Gasteiger partial charge in [-0.1, -0.05) is 76.2 Å². The molecule has 0 radical (unpaired) electrons. The lowest BCUT2D eigenvalue weighted by Crippen LogP contribution is -2.61. The lowest BCUT2D eigenvalue weighted by molar-refractivity contribution is 0.400. The normalized spacial score (nSPS) is 12.2. The van der Waals surface area contributed by atoms with Crippen LogP contribution >= 0.6 is 0 Å². The van der Waals surface area contributed by atoms with Crippen LogP contribution in [0.15, 0.2) is 48.5 Å². The molecule has 0 heterocycles. The molecule has 0 aliphatic rings. The summed E-state index contributed by atoms with van der Waals surface area (Å²) in [6.45, 7) is 8.62. The van der Waals surface area contributed by atoms with Crippen LogP contribution in [0, 0.1) is 11.8 Å². The fraction of sp³-hybridized carbons (Fsp3) is 0.400. The van der Waals surface area contributed by atoms with Crippen molar-refractivity contribution in [3.05, 3.63) is 59.7 Å². The fourth-order valence-electron chi connectivity index (χ4n) is 3.10. The maximum atomic E-state index is 11.1. The Labute approximate surface area is 141 Å². The fourth-order valence-corrected chi connectivity index (χ4v) is 5.32. The lowest BCUT2D eigenvalue weighted by atomic mass is 10.0. The maximum Gasteiger partial charge on any atom is 0.402 e. The highest BCUT2D eigenvalue weighted by Gasteiger charge is 2.38. The van der Waals surface area contributed by atoms with Crippen molar-refractivity contribution in [3.63, 3.8) is 0 Å². The first-order valence-corrected chi connectivity index (χ1v) is 10.3. The second-order valence-corrected chi connectivity index (χ2v) is 9.60. The SMILES string of the molecule is CC(C)Cc1ccccc1[Si](O)(O)c1ccccc1CC(C)C. The minimum atomic E-state index is -3.68. The summed E-state index contributed by atoms with van der Waals surface area (Å²) in [6.07, 6.45) is 1.72. The quantitative estimate of drug-likeness (QED) is 0.800. The van der Waals surface area contributed by atoms with Crippen LogP contribution in [0.25, 0.3) is 0 Å². The smallest absolute Gasteiger partial charge is 0.402 e. The molecule has 23 heavy (non-hydrogen) atoms. The summed E-state index contributed by atoms with van der Waals surface area (Å²) in [6, 6.07) is 15.6. The molecule has 0 aliphatic heterocycles. The molecule has 3 heteroatoms. The second kappa shape index (κ2) is 7.43. The predicted octanol–water partition coefficient (Wildman–Crippen LogP) is 2.62. The molecule has 124 valence electrons. The largest absolute Gasteiger partial charge is 0.404 e. The van der Waals surface area contributed by atoms with Gasteiger partial charge in [-0.05, 0) is 35.8 Å². The first-order chi connectivity index (χ1) is 10.8. The van der Waals surface area contributed by atoms with E-state index in [0.717, 1.165) is 34.3 Å². The van der Waals surface area contributed by atoms with Gasteiger partial charge in [-0.25, -0.2) is 0 Å². The number of benzene rings is 2. The van der Waals surface area contributed by atoms with Crippen molar-refractivity contribution in [1.29, 1.82) is 0 Å². The topological polar surface area (TPSA) is 40.5 Å². The molecule has 2 rings (SSSR count). The monoisotopic (exact) mass is 328 g/mol. The van der Waals surface area contributed by atoms with Crippen LogP contribution < -0.4 is 10.4 Å². The Morgan fingerprint density at radius 3 is 1.39 bits per heavy atom. The molecule has 0 saturated carbocycles. The van der Waals surface area contributed by atoms with Gasteiger partial charge < -0.3 is 9.59 Å². The highest BCUT2D eigenvalue weighted by atomic mass is 28.4. The van der Waals surface area contributed by atoms with E-state index < -0.39 is 8.56 Å². The lowest BCUT2D eigenvalue weighted by Gasteiger charge is -2.25. The summed E-state index contributed by atoms with van der Waals surface area (Å²) >= 11 is 0. The Morgan fingerprint density at radius 2 is 1.04 bits per heavy atom. The summed E-state index contributed by atoms with van der Waals surface area (Å²) in [5, 5.41) is 1.45. The molecule has 0 bridgehead atoms. The van der Waals surface area contributed by atoms with Gasteiger partial charge in [-0.15, -0.1) is 0 Å². The Hall–Kier alpha value is -1.42. The molecule has 2 nitrogen and oxygen atoms in total. The van der Waals surface area contributed by atoms with Crippen molar-refractivity contribution in [1.82, 2.24) is 0 Å². The molecule has 2 N–H and O–H groups in total. The van der Waals surface area contributed by atoms with E-state index in [9.17, 15) is 9.59 Å². The van der Waals surface area contributed by atoms with Gasteiger partial charge in [0.15, 0.2) is 0 Å². The minimum absolute atomic E-state index is 0.479. The van der Waals surface area contributed by atoms with E-state index in [1.165, 1.54) is 0 Å². The third kappa shape index (κ3) is 4.31. The van der Waals surface area contributed by atoms with Crippen LogP contribution in [0.2, 0.25) is 0 Å². The first-order valence-electron chi connectivity index (χ1n) is 8.43. The second-order valence-electron chi connectivity index (χ2n) is 7.18. The average Bonchev–Trinajstić information content (AvgIpc) is 2.46. The first kappa shape index (κ1) is 17.9. The van der Waals surface area contributed by atoms with Gasteiger partial charge in [-0.2, -0.15) is 0 Å². The zero-order valence-electron chi connectivity index (χ0n) is 14.6. The van der Waals surface area contributed by atoms with Gasteiger partial charge >= 0.3 is 8.56 Å². The number of hydrogen-bond acceptors (Lipinski definition) is 2. The average molecular weight is 329 g/mol. The summed E-state index contributed by atoms with van der Waals surface area (Å²) < 4.78 is 0. The molecule has 0 fully saturated rings. The van der Waals surface area contributed by atoms with Crippen LogP contribution in [0.3, 0.4) is 0 Å². The summed E-state index contributed by atoms with van der Waals surface area (Å²) in [4.78, 5) is 22.3. The van der Waals surface area contributed by atoms with E-state index in [2.05, 4.69) is 27.7 Å². The van der Waals surface area contributed by atoms with Crippen molar-refractivity contribution >= 4 is 18.9 Å². The highest BCUT2D eigenvalue weighted by molar-refractivity contribution is 6.91. The van der Waals surface area contributed by atoms with Crippen molar-refractivity contribution in [2.45, 2.75) is 40.5 Å². The van der Waals surface area contributed by atoms with Gasteiger partial charge in [0.2, 0.25) is 0 Å². The Kier molecular flexibility index (Phi) is 5.79. The molecular formula is C20H28O2Si. The minimum Gasteiger partial charge on any atom is -0.404 e. The highest BCUT2D eigenvalue weighted by Crippen LogP contribution is 2.13. The van der Waals surface area contributed by atoms with Crippen molar-refractivity contribution in [2.75, 3.05) is 0 Å². The van der Waals surface area contributed by atoms with E-state index in [4.69, 9.17) is 0 Å². The summed E-state index contributed by atoms with van der Waals surface area (Å²) in [7, 11) is -3.68. The molecule has 0 unspecified atom stereocenters. The Balaban J connectivity index is 2.51. The van der Waals surface area contributed by atoms with E-state index in [-0.39, 0.29) is 0 Å². The van der Waals surface area contributed by atoms with Crippen LogP contribution in [0.5, 0.6) is 0 Å². The molecule has 0 saturated heterocycles. The molecule has 2 aromatic carbocycles. The van der Waals surface area contributed by atoms with Gasteiger partial charge in [0.25, 0.3) is 0 Å². The molecule has 0 atom stereocenters. The van der Waals surface area contributed by atoms with E-state index in [1.807, 2.05) is 48.5 Å². The molecule has 2 aromatic rings. The predicted molar refractivity (Wildman–Crippen MR) is 99.4 cm³/mol. The van der Waals surface area contributed by atoms with Gasteiger partial charge in [0.05, 0.1) is 0 Å². The Bertz CT molecular complexity index is 592. The molecular weight excluding hydrogens is 300 g/mol. The van der Waals surface area contributed by atoms with Gasteiger partial charge in [-0.3, -0.25) is 0 Å². The van der Waals surface area contributed by atoms with Crippen LogP contribution in [-0.2, 0) is 12.8 Å². The van der Waals surface area contributed by atoms with Crippen molar-refractivity contribution < 1.29 is 9.59 Å². The maximum absolute atomic E-state index is 11.1. The van der Waals surface area contributed by atoms with E-state index in [1.54, 1.807) is 0 Å². The van der Waals surface area contributed by atoms with Gasteiger partial charge in [0, 0.05) is 10.4 Å². The third-order valence-corrected chi connectivity index (χ3v) is 6.52. The molecule has 0 aliphatic carbocycles. The third-order valence-electron chi connectivity index (χ3n) is 4.04. The van der Waals surface area contributed by atoms with E-state index >= 15 is 0 Å². The molecule has 0 spiro atoms. The molecule has 0 amide bonds. The standard InChI is InChI=1S/C20H28O2Si/c1-15(2)13-17-9-5-7-11-19(17)23(21,22)20-12-8-6-10-18(20)14-16(3)4/h5-12,15-16,21-22H,13-14H2,1-4H3. The summed E-state index contributed by atoms with van der Waals surface area (Å²) in [5.74, 6) is 0.957. The molecule has 0 aromatic heterocycles. The van der Waals surface area contributed by atoms with Gasteiger partial charge in [0.1, 0.15) is 0 Å². The van der Waals surface area contributed by atoms with Crippen molar-refractivity contribution in [2.24, 2.45) is 11.8 Å². The van der Waals surface area contributed by atoms with E-state index in [0.29, 0.717) is 11.8 Å². The summed E-state index contributed by atoms with van der Waals surface area (Å²) in [5.41, 5.74) is 2.11. The zero-order valence-corrected chi connectivity index (χ0v) is 15.6. The Morgan fingerprint density at radius 1 is 0.696 bits per heavy atom. The van der Waals surface area contributed by atoms with Crippen LogP contribution in [0.4, 0.5) is 0 Å². The van der Waals surface area contributed by atoms with Crippen LogP contribution in [0.1, 0.15) is 38.8 Å². The van der Waals surface area contributed by atoms with Crippen LogP contribution in [-0.4, -0.2) is 18.2 Å². The zero-order chi connectivity index (χ0) is 17.0. The number of hydrogen-bond donors (Lipinski definition) is 2. The van der Waals surface area contributed by atoms with Crippen molar-refractivity contribution in [3.8, 4) is 0 Å².